The molecule has 39 heavy (non-hydrogen) atoms. The molecule has 11 heteroatoms. The van der Waals surface area contributed by atoms with Crippen LogP contribution < -0.4 is 15.0 Å². The molecule has 0 unspecified atom stereocenters. The lowest BCUT2D eigenvalue weighted by molar-refractivity contribution is -0.384. The Morgan fingerprint density at radius 2 is 1.74 bits per heavy atom. The molecule has 1 N–H and O–H groups in total. The Balaban J connectivity index is 1.46. The van der Waals surface area contributed by atoms with Crippen molar-refractivity contribution in [2.45, 2.75) is 12.1 Å². The molecule has 0 saturated carbocycles. The minimum atomic E-state index is -1.05. The van der Waals surface area contributed by atoms with Crippen LogP contribution in [0.5, 0.6) is 5.75 Å². The van der Waals surface area contributed by atoms with E-state index in [2.05, 4.69) is 5.32 Å². The molecular weight excluding hydrogens is 524 g/mol. The number of nitrogens with zero attached hydrogens (tertiary/aromatic N) is 3. The van der Waals surface area contributed by atoms with Gasteiger partial charge in [-0.25, -0.2) is 4.90 Å². The Kier molecular flexibility index (Phi) is 5.84. The van der Waals surface area contributed by atoms with Gasteiger partial charge in [-0.3, -0.25) is 24.5 Å². The van der Waals surface area contributed by atoms with Crippen LogP contribution in [0, 0.1) is 22.0 Å². The topological polar surface area (TPSA) is 122 Å². The monoisotopic (exact) mass is 544 g/mol. The highest BCUT2D eigenvalue weighted by Gasteiger charge is 2.65. The minimum Gasteiger partial charge on any atom is -0.495 e. The number of anilines is 2. The summed E-state index contributed by atoms with van der Waals surface area (Å²) in [7, 11) is 1.35. The summed E-state index contributed by atoms with van der Waals surface area (Å²) in [5, 5.41) is 14.8. The number of fused-ring (bicyclic) bond motifs is 5. The standard InChI is InChI=1S/C28H21ClN4O6/c1-39-21-11-10-18(33(37)38)14-20(21)32-27(35)22-23(28(32)36)25(26(34)30-17-8-6-16(29)7-9-17)31-13-12-15-4-2-3-5-19(15)24(22)31/h2-14,22-25H,1H3,(H,30,34)/t22-,23-,24-,25+/m1/s1. The Labute approximate surface area is 227 Å². The second kappa shape index (κ2) is 9.25. The Morgan fingerprint density at radius 1 is 1.03 bits per heavy atom. The molecule has 3 aliphatic heterocycles. The molecule has 196 valence electrons. The second-order valence-corrected chi connectivity index (χ2v) is 9.89. The first-order valence-electron chi connectivity index (χ1n) is 12.1. The summed E-state index contributed by atoms with van der Waals surface area (Å²) < 4.78 is 5.36. The van der Waals surface area contributed by atoms with Crippen LogP contribution in [0.1, 0.15) is 17.2 Å². The van der Waals surface area contributed by atoms with Gasteiger partial charge in [0.05, 0.1) is 29.9 Å². The maximum atomic E-state index is 14.1. The molecule has 6 rings (SSSR count). The summed E-state index contributed by atoms with van der Waals surface area (Å²) in [4.78, 5) is 55.4. The summed E-state index contributed by atoms with van der Waals surface area (Å²) in [6.07, 6.45) is 3.60. The molecule has 0 spiro atoms. The summed E-state index contributed by atoms with van der Waals surface area (Å²) in [5.74, 6) is -3.47. The van der Waals surface area contributed by atoms with Crippen molar-refractivity contribution < 1.29 is 24.0 Å². The van der Waals surface area contributed by atoms with E-state index in [-0.39, 0.29) is 17.1 Å². The van der Waals surface area contributed by atoms with Crippen LogP contribution in [0.2, 0.25) is 5.02 Å². The smallest absolute Gasteiger partial charge is 0.271 e. The number of ether oxygens (including phenoxy) is 1. The normalized spacial score (nSPS) is 22.8. The van der Waals surface area contributed by atoms with Gasteiger partial charge < -0.3 is 15.0 Å². The van der Waals surface area contributed by atoms with Crippen LogP contribution >= 0.6 is 11.6 Å². The molecule has 3 heterocycles. The van der Waals surface area contributed by atoms with Gasteiger partial charge in [0, 0.05) is 29.0 Å². The molecule has 3 amide bonds. The summed E-state index contributed by atoms with van der Waals surface area (Å²) in [6.45, 7) is 0. The van der Waals surface area contributed by atoms with E-state index in [4.69, 9.17) is 16.3 Å². The number of benzene rings is 3. The van der Waals surface area contributed by atoms with Gasteiger partial charge in [-0.2, -0.15) is 0 Å². The number of nitrogens with one attached hydrogen (secondary N) is 1. The highest BCUT2D eigenvalue weighted by atomic mass is 35.5. The van der Waals surface area contributed by atoms with Gasteiger partial charge in [-0.15, -0.1) is 0 Å². The Hall–Kier alpha value is -4.70. The third-order valence-electron chi connectivity index (χ3n) is 7.46. The van der Waals surface area contributed by atoms with E-state index in [9.17, 15) is 24.5 Å². The number of hydrogen-bond donors (Lipinski definition) is 1. The van der Waals surface area contributed by atoms with Crippen LogP contribution in [-0.2, 0) is 14.4 Å². The van der Waals surface area contributed by atoms with Crippen molar-refractivity contribution in [1.29, 1.82) is 0 Å². The zero-order chi connectivity index (χ0) is 27.4. The molecule has 4 atom stereocenters. The van der Waals surface area contributed by atoms with Gasteiger partial charge in [0.25, 0.3) is 5.69 Å². The molecule has 3 aromatic rings. The SMILES string of the molecule is COc1ccc([N+](=O)[O-])cc1N1C(=O)[C@@H]2[C@@H](C1=O)[C@H]1c3ccccc3C=CN1[C@@H]2C(=O)Nc1ccc(Cl)cc1. The number of nitro benzene ring substituents is 1. The van der Waals surface area contributed by atoms with Crippen LogP contribution in [0.3, 0.4) is 0 Å². The number of imide groups is 1. The van der Waals surface area contributed by atoms with Crippen molar-refractivity contribution in [3.63, 3.8) is 0 Å². The molecule has 10 nitrogen and oxygen atoms in total. The second-order valence-electron chi connectivity index (χ2n) is 9.45. The van der Waals surface area contributed by atoms with E-state index < -0.39 is 46.6 Å². The molecular formula is C28H21ClN4O6. The zero-order valence-corrected chi connectivity index (χ0v) is 21.2. The number of amides is 3. The first kappa shape index (κ1) is 24.6. The fourth-order valence-corrected chi connectivity index (χ4v) is 5.94. The van der Waals surface area contributed by atoms with E-state index >= 15 is 0 Å². The van der Waals surface area contributed by atoms with Crippen LogP contribution in [0.4, 0.5) is 17.1 Å². The third kappa shape index (κ3) is 3.83. The number of halogens is 1. The van der Waals surface area contributed by atoms with Crippen molar-refractivity contribution in [3.05, 3.63) is 99.2 Å². The first-order valence-corrected chi connectivity index (χ1v) is 12.5. The van der Waals surface area contributed by atoms with E-state index in [1.165, 1.54) is 19.2 Å². The molecule has 3 aliphatic rings. The number of carbonyl (C=O) groups excluding carboxylic acids is 3. The van der Waals surface area contributed by atoms with Crippen molar-refractivity contribution >= 4 is 52.5 Å². The number of hydrogen-bond acceptors (Lipinski definition) is 7. The van der Waals surface area contributed by atoms with Gasteiger partial charge in [0.1, 0.15) is 17.5 Å². The number of methoxy groups -OCH3 is 1. The number of non-ortho nitro benzene ring substituents is 1. The number of rotatable bonds is 5. The largest absolute Gasteiger partial charge is 0.495 e. The van der Waals surface area contributed by atoms with E-state index in [1.54, 1.807) is 35.4 Å². The van der Waals surface area contributed by atoms with Gasteiger partial charge in [0.2, 0.25) is 17.7 Å². The summed E-state index contributed by atoms with van der Waals surface area (Å²) in [6, 6.07) is 16.2. The van der Waals surface area contributed by atoms with E-state index in [1.807, 2.05) is 30.3 Å². The van der Waals surface area contributed by atoms with Crippen LogP contribution in [-0.4, -0.2) is 40.7 Å². The molecule has 0 aliphatic carbocycles. The summed E-state index contributed by atoms with van der Waals surface area (Å²) >= 11 is 5.98. The fourth-order valence-electron chi connectivity index (χ4n) is 5.81. The van der Waals surface area contributed by atoms with Crippen molar-refractivity contribution in [3.8, 4) is 5.75 Å². The average Bonchev–Trinajstić information content (AvgIpc) is 3.41. The van der Waals surface area contributed by atoms with Gasteiger partial charge >= 0.3 is 0 Å². The average molecular weight is 545 g/mol. The lowest BCUT2D eigenvalue weighted by atomic mass is 9.84. The Bertz CT molecular complexity index is 1570. The molecule has 2 fully saturated rings. The zero-order valence-electron chi connectivity index (χ0n) is 20.5. The van der Waals surface area contributed by atoms with Gasteiger partial charge in [-0.05, 0) is 47.5 Å². The predicted octanol–water partition coefficient (Wildman–Crippen LogP) is 4.41. The fraction of sp³-hybridized carbons (Fsp3) is 0.179. The quantitative estimate of drug-likeness (QED) is 0.287. The van der Waals surface area contributed by atoms with E-state index in [0.29, 0.717) is 10.7 Å². The van der Waals surface area contributed by atoms with Crippen LogP contribution in [0.15, 0.2) is 72.9 Å². The maximum Gasteiger partial charge on any atom is 0.271 e. The molecule has 3 aromatic carbocycles. The lowest BCUT2D eigenvalue weighted by Gasteiger charge is -2.35. The molecule has 0 aromatic heterocycles. The van der Waals surface area contributed by atoms with Crippen molar-refractivity contribution in [2.75, 3.05) is 17.3 Å². The molecule has 2 saturated heterocycles. The minimum absolute atomic E-state index is 0.0286. The predicted molar refractivity (Wildman–Crippen MR) is 143 cm³/mol. The molecule has 0 radical (unpaired) electrons. The van der Waals surface area contributed by atoms with E-state index in [0.717, 1.165) is 22.1 Å². The number of nitro groups is 1. The maximum absolute atomic E-state index is 14.1. The van der Waals surface area contributed by atoms with Crippen molar-refractivity contribution in [2.24, 2.45) is 11.8 Å². The Morgan fingerprint density at radius 3 is 2.46 bits per heavy atom. The van der Waals surface area contributed by atoms with Crippen molar-refractivity contribution in [1.82, 2.24) is 4.90 Å². The van der Waals surface area contributed by atoms with Gasteiger partial charge in [-0.1, -0.05) is 35.9 Å². The summed E-state index contributed by atoms with van der Waals surface area (Å²) in [5.41, 5.74) is 1.85. The number of carbonyl (C=O) groups is 3. The highest BCUT2D eigenvalue weighted by Crippen LogP contribution is 2.54. The van der Waals surface area contributed by atoms with Gasteiger partial charge in [0.15, 0.2) is 0 Å². The highest BCUT2D eigenvalue weighted by molar-refractivity contribution is 6.30. The lowest BCUT2D eigenvalue weighted by Crippen LogP contribution is -2.46. The first-order chi connectivity index (χ1) is 18.8. The molecule has 0 bridgehead atoms. The third-order valence-corrected chi connectivity index (χ3v) is 7.71. The van der Waals surface area contributed by atoms with Crippen LogP contribution in [0.25, 0.3) is 6.08 Å².